The predicted molar refractivity (Wildman–Crippen MR) is 314 cm³/mol. The zero-order chi connectivity index (χ0) is 50.5. The average Bonchev–Trinajstić information content (AvgIpc) is 4.13. The first-order valence-electron chi connectivity index (χ1n) is 26.1. The van der Waals surface area contributed by atoms with Crippen LogP contribution < -0.4 is 31.1 Å². The van der Waals surface area contributed by atoms with Crippen molar-refractivity contribution in [1.29, 1.82) is 0 Å². The van der Waals surface area contributed by atoms with Gasteiger partial charge >= 0.3 is 0 Å². The maximum absolute atomic E-state index is 6.88. The maximum atomic E-state index is 6.88. The summed E-state index contributed by atoms with van der Waals surface area (Å²) in [4.78, 5) is 7.35. The number of benzene rings is 10. The molecular formula is C68H52BN3O3. The molecule has 0 saturated carbocycles. The lowest BCUT2D eigenvalue weighted by molar-refractivity contribution is 0.590. The van der Waals surface area contributed by atoms with Crippen molar-refractivity contribution in [3.05, 3.63) is 217 Å². The number of furan rings is 3. The van der Waals surface area contributed by atoms with Gasteiger partial charge < -0.3 is 28.0 Å². The normalized spacial score (nSPS) is 13.4. The summed E-state index contributed by atoms with van der Waals surface area (Å²) in [5.74, 6) is 0. The Morgan fingerprint density at radius 3 is 1.45 bits per heavy atom. The standard InChI is InChI=1S/C68H52BN3O3/c1-67(2,3)41-25-29-43(30-26-41)71-55-19-14-20-56-65(55)69(54-39-52-49-17-9-11-23-61(49)74-64(52)40-59(54)72(56)44-31-27-42(28-32-44)68(4,5)6)53-35-33-46(38-58(53)71)70(45-34-36-63-51(37-45)48-16-8-10-22-60(48)73-63)57-21-13-18-50-47-15-7-12-24-62(47)75-66(50)57/h7-40H,1-6H3. The molecule has 15 rings (SSSR count). The molecule has 0 bridgehead atoms. The molecule has 0 aliphatic carbocycles. The van der Waals surface area contributed by atoms with E-state index >= 15 is 0 Å². The first-order chi connectivity index (χ1) is 36.4. The molecule has 5 heterocycles. The molecule has 3 aromatic heterocycles. The quantitative estimate of drug-likeness (QED) is 0.160. The highest BCUT2D eigenvalue weighted by Gasteiger charge is 2.44. The van der Waals surface area contributed by atoms with E-state index in [1.165, 1.54) is 27.5 Å². The van der Waals surface area contributed by atoms with Crippen LogP contribution in [0.2, 0.25) is 0 Å². The zero-order valence-electron chi connectivity index (χ0n) is 42.8. The third kappa shape index (κ3) is 6.60. The molecule has 13 aromatic rings. The van der Waals surface area contributed by atoms with Crippen LogP contribution in [0.15, 0.2) is 220 Å². The van der Waals surface area contributed by atoms with Crippen LogP contribution in [0.25, 0.3) is 65.8 Å². The van der Waals surface area contributed by atoms with Gasteiger partial charge in [-0.1, -0.05) is 151 Å². The molecule has 0 fully saturated rings. The number of nitrogens with zero attached hydrogens (tertiary/aromatic N) is 3. The molecule has 6 nitrogen and oxygen atoms in total. The summed E-state index contributed by atoms with van der Waals surface area (Å²) in [7, 11) is 0. The van der Waals surface area contributed by atoms with Gasteiger partial charge in [0.05, 0.1) is 5.69 Å². The Kier molecular flexibility index (Phi) is 9.18. The zero-order valence-corrected chi connectivity index (χ0v) is 42.8. The highest BCUT2D eigenvalue weighted by atomic mass is 16.3. The summed E-state index contributed by atoms with van der Waals surface area (Å²) in [5, 5.41) is 6.51. The molecule has 0 amide bonds. The molecule has 0 saturated heterocycles. The summed E-state index contributed by atoms with van der Waals surface area (Å²) < 4.78 is 20.0. The molecule has 2 aliphatic heterocycles. The summed E-state index contributed by atoms with van der Waals surface area (Å²) in [6, 6.07) is 75.2. The van der Waals surface area contributed by atoms with Crippen molar-refractivity contribution >= 4 is 140 Å². The predicted octanol–water partition coefficient (Wildman–Crippen LogP) is 17.5. The van der Waals surface area contributed by atoms with E-state index in [-0.39, 0.29) is 17.5 Å². The first kappa shape index (κ1) is 43.6. The number of fused-ring (bicyclic) bond motifs is 13. The van der Waals surface area contributed by atoms with E-state index in [2.05, 4.69) is 244 Å². The van der Waals surface area contributed by atoms with Gasteiger partial charge in [-0.25, -0.2) is 0 Å². The van der Waals surface area contributed by atoms with E-state index in [0.717, 1.165) is 117 Å². The number of anilines is 9. The largest absolute Gasteiger partial charge is 0.456 e. The highest BCUT2D eigenvalue weighted by Crippen LogP contribution is 2.49. The lowest BCUT2D eigenvalue weighted by Crippen LogP contribution is -2.61. The molecule has 360 valence electrons. The molecule has 0 N–H and O–H groups in total. The van der Waals surface area contributed by atoms with Gasteiger partial charge in [0, 0.05) is 83.9 Å². The molecular weight excluding hydrogens is 918 g/mol. The fourth-order valence-corrected chi connectivity index (χ4v) is 12.2. The number of hydrogen-bond acceptors (Lipinski definition) is 6. The third-order valence-electron chi connectivity index (χ3n) is 16.0. The van der Waals surface area contributed by atoms with Gasteiger partial charge in [-0.3, -0.25) is 0 Å². The minimum atomic E-state index is -0.121. The number of hydrogen-bond donors (Lipinski definition) is 0. The van der Waals surface area contributed by atoms with Gasteiger partial charge in [0.1, 0.15) is 27.9 Å². The van der Waals surface area contributed by atoms with Gasteiger partial charge in [-0.15, -0.1) is 0 Å². The van der Waals surface area contributed by atoms with Gasteiger partial charge in [0.15, 0.2) is 5.58 Å². The van der Waals surface area contributed by atoms with Crippen LogP contribution in [0, 0.1) is 0 Å². The Bertz CT molecular complexity index is 4470. The minimum absolute atomic E-state index is 0.00984. The molecule has 7 heteroatoms. The molecule has 0 unspecified atom stereocenters. The summed E-state index contributed by atoms with van der Waals surface area (Å²) >= 11 is 0. The SMILES string of the molecule is CC(C)(C)c1ccc(N2c3cc(N(c4ccc5oc6ccccc6c5c4)c4cccc5c4oc4ccccc45)ccc3B3c4cc5c(cc4N(c4ccc(C(C)(C)C)cc4)c4cccc2c43)oc2ccccc25)cc1. The maximum Gasteiger partial charge on any atom is 0.252 e. The fourth-order valence-electron chi connectivity index (χ4n) is 12.2. The van der Waals surface area contributed by atoms with Gasteiger partial charge in [-0.2, -0.15) is 0 Å². The molecule has 0 radical (unpaired) electrons. The van der Waals surface area contributed by atoms with Crippen LogP contribution in [0.4, 0.5) is 51.2 Å². The molecule has 0 spiro atoms. The molecule has 10 aromatic carbocycles. The van der Waals surface area contributed by atoms with Gasteiger partial charge in [-0.05, 0) is 129 Å². The smallest absolute Gasteiger partial charge is 0.252 e. The van der Waals surface area contributed by atoms with Crippen LogP contribution in [0.1, 0.15) is 52.7 Å². The van der Waals surface area contributed by atoms with E-state index in [4.69, 9.17) is 13.3 Å². The molecule has 2 aliphatic rings. The number of rotatable bonds is 5. The minimum Gasteiger partial charge on any atom is -0.456 e. The van der Waals surface area contributed by atoms with Crippen LogP contribution in [0.5, 0.6) is 0 Å². The average molecular weight is 970 g/mol. The van der Waals surface area contributed by atoms with Crippen molar-refractivity contribution in [1.82, 2.24) is 0 Å². The second kappa shape index (κ2) is 15.8. The second-order valence-corrected chi connectivity index (χ2v) is 22.5. The van der Waals surface area contributed by atoms with Crippen LogP contribution in [-0.4, -0.2) is 6.71 Å². The summed E-state index contributed by atoms with van der Waals surface area (Å²) in [6.07, 6.45) is 0. The van der Waals surface area contributed by atoms with Gasteiger partial charge in [0.2, 0.25) is 0 Å². The van der Waals surface area contributed by atoms with E-state index in [1.54, 1.807) is 0 Å². The van der Waals surface area contributed by atoms with Crippen LogP contribution in [-0.2, 0) is 10.8 Å². The van der Waals surface area contributed by atoms with Crippen molar-refractivity contribution in [2.24, 2.45) is 0 Å². The van der Waals surface area contributed by atoms with Crippen LogP contribution >= 0.6 is 0 Å². The molecule has 0 atom stereocenters. The Hall–Kier alpha value is -8.94. The van der Waals surface area contributed by atoms with Crippen molar-refractivity contribution in [2.45, 2.75) is 52.4 Å². The van der Waals surface area contributed by atoms with Gasteiger partial charge in [0.25, 0.3) is 6.71 Å². The van der Waals surface area contributed by atoms with Crippen LogP contribution in [0.3, 0.4) is 0 Å². The lowest BCUT2D eigenvalue weighted by atomic mass is 9.33. The Balaban J connectivity index is 1.01. The Morgan fingerprint density at radius 2 is 0.840 bits per heavy atom. The van der Waals surface area contributed by atoms with Crippen molar-refractivity contribution < 1.29 is 13.3 Å². The monoisotopic (exact) mass is 969 g/mol. The fraction of sp³-hybridized carbons (Fsp3) is 0.118. The topological polar surface area (TPSA) is 49.1 Å². The van der Waals surface area contributed by atoms with Crippen molar-refractivity contribution in [3.8, 4) is 0 Å². The summed E-state index contributed by atoms with van der Waals surface area (Å²) in [5.41, 5.74) is 21.1. The highest BCUT2D eigenvalue weighted by molar-refractivity contribution is 7.00. The van der Waals surface area contributed by atoms with E-state index in [9.17, 15) is 0 Å². The third-order valence-corrected chi connectivity index (χ3v) is 16.0. The Morgan fingerprint density at radius 1 is 0.360 bits per heavy atom. The van der Waals surface area contributed by atoms with E-state index in [1.807, 2.05) is 18.2 Å². The van der Waals surface area contributed by atoms with E-state index < -0.39 is 0 Å². The molecule has 75 heavy (non-hydrogen) atoms. The number of para-hydroxylation sites is 4. The lowest BCUT2D eigenvalue weighted by Gasteiger charge is -2.44. The summed E-state index contributed by atoms with van der Waals surface area (Å²) in [6.45, 7) is 13.6. The first-order valence-corrected chi connectivity index (χ1v) is 26.1. The Labute approximate surface area is 435 Å². The van der Waals surface area contributed by atoms with E-state index in [0.29, 0.717) is 0 Å². The van der Waals surface area contributed by atoms with Crippen molar-refractivity contribution in [3.63, 3.8) is 0 Å². The van der Waals surface area contributed by atoms with Crippen molar-refractivity contribution in [2.75, 3.05) is 14.7 Å². The second-order valence-electron chi connectivity index (χ2n) is 22.5.